The maximum Gasteiger partial charge on any atom is 0.0540 e. The maximum atomic E-state index is 2.38. The van der Waals surface area contributed by atoms with Crippen LogP contribution in [0.5, 0.6) is 0 Å². The predicted octanol–water partition coefficient (Wildman–Crippen LogP) is 11.2. The van der Waals surface area contributed by atoms with Crippen molar-refractivity contribution in [2.75, 3.05) is 4.90 Å². The van der Waals surface area contributed by atoms with Crippen molar-refractivity contribution in [3.8, 4) is 0 Å². The molecule has 0 unspecified atom stereocenters. The van der Waals surface area contributed by atoms with Gasteiger partial charge in [0.25, 0.3) is 0 Å². The average Bonchev–Trinajstić information content (AvgIpc) is 3.07. The fourth-order valence-corrected chi connectivity index (χ4v) is 6.68. The first-order chi connectivity index (χ1) is 20.9. The van der Waals surface area contributed by atoms with Crippen LogP contribution in [0, 0.1) is 0 Å². The lowest BCUT2D eigenvalue weighted by Crippen LogP contribution is -2.10. The van der Waals surface area contributed by atoms with Gasteiger partial charge in [-0.05, 0) is 74.0 Å². The van der Waals surface area contributed by atoms with E-state index in [1.165, 1.54) is 54.7 Å². The van der Waals surface area contributed by atoms with Gasteiger partial charge in [0.15, 0.2) is 0 Å². The molecular weight excluding hydrogens is 506 g/mol. The summed E-state index contributed by atoms with van der Waals surface area (Å²) < 4.78 is 0. The highest BCUT2D eigenvalue weighted by molar-refractivity contribution is 6.26. The minimum Gasteiger partial charge on any atom is -0.310 e. The highest BCUT2D eigenvalue weighted by atomic mass is 15.1. The second kappa shape index (κ2) is 10.2. The molecule has 8 aromatic rings. The molecule has 0 aliphatic carbocycles. The lowest BCUT2D eigenvalue weighted by molar-refractivity contribution is 0.990. The van der Waals surface area contributed by atoms with E-state index in [9.17, 15) is 0 Å². The molecule has 42 heavy (non-hydrogen) atoms. The van der Waals surface area contributed by atoms with Crippen LogP contribution in [0.1, 0.15) is 22.6 Å². The molecule has 0 aromatic heterocycles. The molecule has 8 aromatic carbocycles. The van der Waals surface area contributed by atoms with Crippen molar-refractivity contribution < 1.29 is 0 Å². The van der Waals surface area contributed by atoms with Crippen LogP contribution in [0.4, 0.5) is 17.1 Å². The number of benzene rings is 8. The SMILES string of the molecule is c1ccc(C(c2ccccc2)c2ccc3ccc4c(N(c5ccccc5)c5ccccc5)ccc5ccc2c3c54)cc1. The van der Waals surface area contributed by atoms with Crippen molar-refractivity contribution in [3.05, 3.63) is 187 Å². The lowest BCUT2D eigenvalue weighted by Gasteiger charge is -2.28. The number of hydrogen-bond donors (Lipinski definition) is 0. The third-order valence-electron chi connectivity index (χ3n) is 8.52. The normalized spacial score (nSPS) is 11.5. The van der Waals surface area contributed by atoms with E-state index in [1.54, 1.807) is 0 Å². The molecule has 0 N–H and O–H groups in total. The first-order valence-electron chi connectivity index (χ1n) is 14.6. The average molecular weight is 536 g/mol. The monoisotopic (exact) mass is 535 g/mol. The van der Waals surface area contributed by atoms with E-state index in [4.69, 9.17) is 0 Å². The molecule has 1 nitrogen and oxygen atoms in total. The Kier molecular flexibility index (Phi) is 5.93. The fraction of sp³-hybridized carbons (Fsp3) is 0.0244. The molecule has 198 valence electrons. The highest BCUT2D eigenvalue weighted by Gasteiger charge is 2.22. The Hall–Kier alpha value is -5.40. The summed E-state index contributed by atoms with van der Waals surface area (Å²) >= 11 is 0. The molecule has 0 radical (unpaired) electrons. The van der Waals surface area contributed by atoms with E-state index in [-0.39, 0.29) is 5.92 Å². The smallest absolute Gasteiger partial charge is 0.0540 e. The summed E-state index contributed by atoms with van der Waals surface area (Å²) in [6.45, 7) is 0. The zero-order valence-electron chi connectivity index (χ0n) is 23.2. The number of hydrogen-bond acceptors (Lipinski definition) is 1. The lowest BCUT2D eigenvalue weighted by atomic mass is 9.81. The van der Waals surface area contributed by atoms with Crippen LogP contribution in [0.25, 0.3) is 32.3 Å². The molecule has 0 aliphatic rings. The summed E-state index contributed by atoms with van der Waals surface area (Å²) in [4.78, 5) is 2.38. The predicted molar refractivity (Wildman–Crippen MR) is 179 cm³/mol. The Morgan fingerprint density at radius 1 is 0.357 bits per heavy atom. The standard InChI is InChI=1S/C41H29N/c1-5-13-29(14-6-1)39(30-15-7-2-8-16-30)35-25-21-31-23-27-37-38(28-24-32-22-26-36(35)40(31)41(32)37)42(33-17-9-3-10-18-33)34-19-11-4-12-20-34/h1-28,39H. The van der Waals surface area contributed by atoms with Crippen molar-refractivity contribution in [1.82, 2.24) is 0 Å². The summed E-state index contributed by atoms with van der Waals surface area (Å²) in [5, 5.41) is 7.76. The van der Waals surface area contributed by atoms with E-state index in [2.05, 4.69) is 175 Å². The zero-order valence-corrected chi connectivity index (χ0v) is 23.2. The van der Waals surface area contributed by atoms with Crippen molar-refractivity contribution in [2.24, 2.45) is 0 Å². The molecule has 8 rings (SSSR count). The van der Waals surface area contributed by atoms with Gasteiger partial charge in [-0.1, -0.05) is 140 Å². The Bertz CT molecular complexity index is 1880. The Morgan fingerprint density at radius 2 is 0.786 bits per heavy atom. The Balaban J connectivity index is 1.42. The first-order valence-corrected chi connectivity index (χ1v) is 14.6. The third kappa shape index (κ3) is 4.02. The molecule has 1 heteroatoms. The van der Waals surface area contributed by atoms with Gasteiger partial charge in [0.05, 0.1) is 5.69 Å². The van der Waals surface area contributed by atoms with Crippen LogP contribution in [-0.4, -0.2) is 0 Å². The molecule has 0 bridgehead atoms. The molecular formula is C41H29N. The highest BCUT2D eigenvalue weighted by Crippen LogP contribution is 2.46. The van der Waals surface area contributed by atoms with Gasteiger partial charge in [-0.15, -0.1) is 0 Å². The van der Waals surface area contributed by atoms with Gasteiger partial charge < -0.3 is 4.90 Å². The third-order valence-corrected chi connectivity index (χ3v) is 8.52. The summed E-state index contributed by atoms with van der Waals surface area (Å²) in [6.07, 6.45) is 0. The van der Waals surface area contributed by atoms with Gasteiger partial charge in [-0.25, -0.2) is 0 Å². The van der Waals surface area contributed by atoms with Crippen molar-refractivity contribution in [3.63, 3.8) is 0 Å². The van der Waals surface area contributed by atoms with Crippen LogP contribution in [0.15, 0.2) is 170 Å². The van der Waals surface area contributed by atoms with Crippen LogP contribution < -0.4 is 4.90 Å². The van der Waals surface area contributed by atoms with E-state index < -0.39 is 0 Å². The molecule has 0 saturated heterocycles. The van der Waals surface area contributed by atoms with Crippen LogP contribution in [-0.2, 0) is 0 Å². The van der Waals surface area contributed by atoms with E-state index in [0.29, 0.717) is 0 Å². The number of rotatable bonds is 6. The second-order valence-corrected chi connectivity index (χ2v) is 10.9. The van der Waals surface area contributed by atoms with Crippen molar-refractivity contribution in [1.29, 1.82) is 0 Å². The molecule has 0 aliphatic heterocycles. The molecule has 0 fully saturated rings. The van der Waals surface area contributed by atoms with Crippen LogP contribution >= 0.6 is 0 Å². The van der Waals surface area contributed by atoms with E-state index in [0.717, 1.165) is 11.4 Å². The summed E-state index contributed by atoms with van der Waals surface area (Å²) in [5.74, 6) is 0.140. The van der Waals surface area contributed by atoms with Gasteiger partial charge in [0.2, 0.25) is 0 Å². The minimum atomic E-state index is 0.140. The van der Waals surface area contributed by atoms with E-state index in [1.807, 2.05) is 0 Å². The number of para-hydroxylation sites is 2. The number of nitrogens with zero attached hydrogens (tertiary/aromatic N) is 1. The van der Waals surface area contributed by atoms with Crippen LogP contribution in [0.3, 0.4) is 0 Å². The minimum absolute atomic E-state index is 0.140. The molecule has 0 heterocycles. The zero-order chi connectivity index (χ0) is 27.9. The van der Waals surface area contributed by atoms with Crippen molar-refractivity contribution >= 4 is 49.4 Å². The van der Waals surface area contributed by atoms with Gasteiger partial charge in [-0.2, -0.15) is 0 Å². The van der Waals surface area contributed by atoms with Gasteiger partial charge in [0, 0.05) is 22.7 Å². The molecule has 0 amide bonds. The Labute approximate surface area is 246 Å². The van der Waals surface area contributed by atoms with Crippen molar-refractivity contribution in [2.45, 2.75) is 5.92 Å². The second-order valence-electron chi connectivity index (χ2n) is 10.9. The summed E-state index contributed by atoms with van der Waals surface area (Å²) in [5.41, 5.74) is 7.42. The quantitative estimate of drug-likeness (QED) is 0.151. The van der Waals surface area contributed by atoms with Crippen LogP contribution in [0.2, 0.25) is 0 Å². The fourth-order valence-electron chi connectivity index (χ4n) is 6.68. The topological polar surface area (TPSA) is 3.24 Å². The molecule has 0 saturated carbocycles. The van der Waals surface area contributed by atoms with Gasteiger partial charge in [-0.3, -0.25) is 0 Å². The summed E-state index contributed by atoms with van der Waals surface area (Å²) in [6, 6.07) is 61.6. The van der Waals surface area contributed by atoms with Gasteiger partial charge >= 0.3 is 0 Å². The summed E-state index contributed by atoms with van der Waals surface area (Å²) in [7, 11) is 0. The maximum absolute atomic E-state index is 2.38. The number of anilines is 3. The first kappa shape index (κ1) is 24.4. The van der Waals surface area contributed by atoms with Gasteiger partial charge in [0.1, 0.15) is 0 Å². The molecule has 0 atom stereocenters. The Morgan fingerprint density at radius 3 is 1.33 bits per heavy atom. The largest absolute Gasteiger partial charge is 0.310 e. The van der Waals surface area contributed by atoms with E-state index >= 15 is 0 Å². The molecule has 0 spiro atoms.